The minimum atomic E-state index is 0.0556. The molecule has 1 atom stereocenters. The van der Waals surface area contributed by atoms with E-state index in [1.165, 1.54) is 0 Å². The molecule has 0 saturated heterocycles. The second-order valence-corrected chi connectivity index (χ2v) is 4.99. The maximum absolute atomic E-state index is 12.0. The summed E-state index contributed by atoms with van der Waals surface area (Å²) in [6.07, 6.45) is 6.66. The fraction of sp³-hybridized carbons (Fsp3) is 0.429. The normalized spacial score (nSPS) is 18.3. The number of fused-ring (bicyclic) bond motifs is 1. The van der Waals surface area contributed by atoms with Crippen LogP contribution in [-0.4, -0.2) is 14.3 Å². The van der Waals surface area contributed by atoms with Crippen molar-refractivity contribution in [3.63, 3.8) is 0 Å². The Morgan fingerprint density at radius 3 is 3.05 bits per heavy atom. The Kier molecular flexibility index (Phi) is 3.21. The quantitative estimate of drug-likeness (QED) is 0.896. The van der Waals surface area contributed by atoms with E-state index in [0.29, 0.717) is 13.1 Å². The van der Waals surface area contributed by atoms with Gasteiger partial charge in [0.25, 0.3) is 5.56 Å². The Hall–Kier alpha value is -1.88. The third kappa shape index (κ3) is 2.33. The van der Waals surface area contributed by atoms with E-state index in [9.17, 15) is 4.79 Å². The average molecular weight is 258 g/mol. The second kappa shape index (κ2) is 5.01. The molecule has 0 aromatic carbocycles. The van der Waals surface area contributed by atoms with Crippen LogP contribution in [0.15, 0.2) is 35.4 Å². The number of nitrogens with two attached hydrogens (primary N) is 1. The zero-order valence-electron chi connectivity index (χ0n) is 10.8. The number of pyridine rings is 1. The highest BCUT2D eigenvalue weighted by atomic mass is 16.1. The monoisotopic (exact) mass is 258 g/mol. The Morgan fingerprint density at radius 1 is 1.37 bits per heavy atom. The van der Waals surface area contributed by atoms with Gasteiger partial charge in [-0.15, -0.1) is 0 Å². The lowest BCUT2D eigenvalue weighted by Crippen LogP contribution is -2.30. The van der Waals surface area contributed by atoms with Crippen LogP contribution in [0.5, 0.6) is 0 Å². The van der Waals surface area contributed by atoms with Crippen molar-refractivity contribution in [1.29, 1.82) is 0 Å². The van der Waals surface area contributed by atoms with Gasteiger partial charge >= 0.3 is 0 Å². The van der Waals surface area contributed by atoms with Crippen LogP contribution in [0.4, 0.5) is 0 Å². The zero-order chi connectivity index (χ0) is 13.2. The molecule has 2 N–H and O–H groups in total. The molecular weight excluding hydrogens is 240 g/mol. The minimum absolute atomic E-state index is 0.0556. The van der Waals surface area contributed by atoms with Crippen molar-refractivity contribution in [3.8, 4) is 0 Å². The summed E-state index contributed by atoms with van der Waals surface area (Å²) < 4.78 is 3.70. The molecule has 1 aliphatic rings. The van der Waals surface area contributed by atoms with E-state index in [-0.39, 0.29) is 11.6 Å². The summed E-state index contributed by atoms with van der Waals surface area (Å²) in [6.45, 7) is 1.36. The van der Waals surface area contributed by atoms with Crippen molar-refractivity contribution < 1.29 is 0 Å². The molecule has 5 heteroatoms. The van der Waals surface area contributed by atoms with Crippen molar-refractivity contribution >= 4 is 0 Å². The highest BCUT2D eigenvalue weighted by molar-refractivity contribution is 5.27. The fourth-order valence-electron chi connectivity index (χ4n) is 2.78. The lowest BCUT2D eigenvalue weighted by Gasteiger charge is -2.25. The van der Waals surface area contributed by atoms with E-state index in [2.05, 4.69) is 5.10 Å². The van der Waals surface area contributed by atoms with Gasteiger partial charge in [0.15, 0.2) is 0 Å². The van der Waals surface area contributed by atoms with Crippen molar-refractivity contribution in [2.24, 2.45) is 5.73 Å². The maximum Gasteiger partial charge on any atom is 0.250 e. The summed E-state index contributed by atoms with van der Waals surface area (Å²) in [6, 6.07) is 5.48. The first-order chi connectivity index (χ1) is 9.25. The highest BCUT2D eigenvalue weighted by Crippen LogP contribution is 2.26. The predicted molar refractivity (Wildman–Crippen MR) is 72.8 cm³/mol. The van der Waals surface area contributed by atoms with Crippen molar-refractivity contribution in [1.82, 2.24) is 14.3 Å². The van der Waals surface area contributed by atoms with Crippen LogP contribution in [0.25, 0.3) is 0 Å². The van der Waals surface area contributed by atoms with Crippen LogP contribution in [0.1, 0.15) is 30.1 Å². The van der Waals surface area contributed by atoms with Gasteiger partial charge in [0.2, 0.25) is 0 Å². The van der Waals surface area contributed by atoms with Gasteiger partial charge in [-0.3, -0.25) is 9.48 Å². The Labute approximate surface area is 111 Å². The van der Waals surface area contributed by atoms with Gasteiger partial charge in [-0.05, 0) is 30.9 Å². The van der Waals surface area contributed by atoms with Crippen molar-refractivity contribution in [2.45, 2.75) is 38.4 Å². The van der Waals surface area contributed by atoms with E-state index < -0.39 is 0 Å². The summed E-state index contributed by atoms with van der Waals surface area (Å²) in [5, 5.41) is 4.16. The maximum atomic E-state index is 12.0. The van der Waals surface area contributed by atoms with Gasteiger partial charge in [0.05, 0.1) is 6.54 Å². The molecule has 1 unspecified atom stereocenters. The molecule has 0 spiro atoms. The second-order valence-electron chi connectivity index (χ2n) is 4.99. The number of hydrogen-bond donors (Lipinski definition) is 1. The van der Waals surface area contributed by atoms with Crippen LogP contribution in [0, 0.1) is 0 Å². The summed E-state index contributed by atoms with van der Waals surface area (Å²) >= 11 is 0. The average Bonchev–Trinajstić information content (AvgIpc) is 2.91. The van der Waals surface area contributed by atoms with Crippen LogP contribution in [0.3, 0.4) is 0 Å². The molecule has 0 bridgehead atoms. The molecule has 2 heterocycles. The molecule has 5 nitrogen and oxygen atoms in total. The van der Waals surface area contributed by atoms with Gasteiger partial charge in [-0.2, -0.15) is 5.10 Å². The highest BCUT2D eigenvalue weighted by Gasteiger charge is 2.19. The first kappa shape index (κ1) is 12.2. The van der Waals surface area contributed by atoms with Crippen LogP contribution >= 0.6 is 0 Å². The van der Waals surface area contributed by atoms with Gasteiger partial charge in [-0.1, -0.05) is 6.07 Å². The number of rotatable bonds is 3. The summed E-state index contributed by atoms with van der Waals surface area (Å²) in [4.78, 5) is 12.0. The molecular formula is C14H18N4O. The third-order valence-electron chi connectivity index (χ3n) is 3.77. The van der Waals surface area contributed by atoms with Gasteiger partial charge < -0.3 is 10.3 Å². The summed E-state index contributed by atoms with van der Waals surface area (Å²) in [7, 11) is 0. The minimum Gasteiger partial charge on any atom is -0.324 e. The van der Waals surface area contributed by atoms with E-state index >= 15 is 0 Å². The van der Waals surface area contributed by atoms with Gasteiger partial charge in [0.1, 0.15) is 0 Å². The predicted octanol–water partition coefficient (Wildman–Crippen LogP) is 1.08. The van der Waals surface area contributed by atoms with Crippen LogP contribution < -0.4 is 11.3 Å². The van der Waals surface area contributed by atoms with E-state index in [0.717, 1.165) is 30.5 Å². The Bertz CT molecular complexity index is 615. The number of aromatic nitrogens is 3. The first-order valence-electron chi connectivity index (χ1n) is 6.71. The standard InChI is InChI=1S/C14H18N4O/c15-12-3-1-4-13-11(12)5-6-14(19)18(13)10-9-17-8-2-7-16-17/h2,5-8,12H,1,3-4,9-10,15H2. The summed E-state index contributed by atoms with van der Waals surface area (Å²) in [5.41, 5.74) is 8.42. The van der Waals surface area contributed by atoms with E-state index in [1.54, 1.807) is 12.3 Å². The molecule has 0 aliphatic heterocycles. The van der Waals surface area contributed by atoms with Gasteiger partial charge in [-0.25, -0.2) is 0 Å². The van der Waals surface area contributed by atoms with Gasteiger partial charge in [0, 0.05) is 36.7 Å². The lowest BCUT2D eigenvalue weighted by atomic mass is 9.91. The molecule has 0 radical (unpaired) electrons. The number of nitrogens with zero attached hydrogens (tertiary/aromatic N) is 3. The molecule has 3 rings (SSSR count). The van der Waals surface area contributed by atoms with Crippen molar-refractivity contribution in [3.05, 3.63) is 52.2 Å². The molecule has 100 valence electrons. The van der Waals surface area contributed by atoms with E-state index in [1.807, 2.05) is 27.6 Å². The topological polar surface area (TPSA) is 65.8 Å². The zero-order valence-corrected chi connectivity index (χ0v) is 10.8. The van der Waals surface area contributed by atoms with Crippen LogP contribution in [-0.2, 0) is 19.5 Å². The number of aryl methyl sites for hydroxylation is 1. The Balaban J connectivity index is 1.91. The van der Waals surface area contributed by atoms with Crippen LogP contribution in [0.2, 0.25) is 0 Å². The molecule has 0 fully saturated rings. The largest absolute Gasteiger partial charge is 0.324 e. The van der Waals surface area contributed by atoms with Crippen molar-refractivity contribution in [2.75, 3.05) is 0 Å². The SMILES string of the molecule is NC1CCCc2c1ccc(=O)n2CCn1cccn1. The molecule has 2 aromatic heterocycles. The Morgan fingerprint density at radius 2 is 2.26 bits per heavy atom. The molecule has 1 aliphatic carbocycles. The third-order valence-corrected chi connectivity index (χ3v) is 3.77. The molecule has 19 heavy (non-hydrogen) atoms. The molecule has 2 aromatic rings. The molecule has 0 amide bonds. The fourth-order valence-corrected chi connectivity index (χ4v) is 2.78. The first-order valence-corrected chi connectivity index (χ1v) is 6.71. The van der Waals surface area contributed by atoms with E-state index in [4.69, 9.17) is 5.73 Å². The number of hydrogen-bond acceptors (Lipinski definition) is 3. The molecule has 0 saturated carbocycles. The smallest absolute Gasteiger partial charge is 0.250 e. The summed E-state index contributed by atoms with van der Waals surface area (Å²) in [5.74, 6) is 0. The lowest BCUT2D eigenvalue weighted by molar-refractivity contribution is 0.477.